The molecule has 1 aromatic rings. The van der Waals surface area contributed by atoms with E-state index in [1.807, 2.05) is 18.2 Å². The van der Waals surface area contributed by atoms with Gasteiger partial charge >= 0.3 is 5.97 Å². The van der Waals surface area contributed by atoms with E-state index >= 15 is 0 Å². The third kappa shape index (κ3) is 3.07. The first-order valence-electron chi connectivity index (χ1n) is 5.57. The van der Waals surface area contributed by atoms with Crippen molar-refractivity contribution in [3.63, 3.8) is 0 Å². The molecule has 0 heterocycles. The third-order valence-corrected chi connectivity index (χ3v) is 2.80. The zero-order chi connectivity index (χ0) is 12.0. The Kier molecular flexibility index (Phi) is 4.99. The molecule has 16 heavy (non-hydrogen) atoms. The molecule has 0 amide bonds. The van der Waals surface area contributed by atoms with Crippen LogP contribution in [-0.4, -0.2) is 19.6 Å². The fraction of sp³-hybridized carbons (Fsp3) is 0.462. The fourth-order valence-electron chi connectivity index (χ4n) is 1.86. The number of hydrogen-bond acceptors (Lipinski definition) is 3. The lowest BCUT2D eigenvalue weighted by atomic mass is 9.90. The molecule has 88 valence electrons. The highest BCUT2D eigenvalue weighted by Gasteiger charge is 2.16. The zero-order valence-electron chi connectivity index (χ0n) is 9.90. The maximum absolute atomic E-state index is 11.3. The first kappa shape index (κ1) is 12.7. The fourth-order valence-corrected chi connectivity index (χ4v) is 1.86. The van der Waals surface area contributed by atoms with Crippen molar-refractivity contribution in [3.8, 4) is 0 Å². The molecular weight excluding hydrogens is 202 g/mol. The van der Waals surface area contributed by atoms with E-state index in [4.69, 9.17) is 5.73 Å². The van der Waals surface area contributed by atoms with Gasteiger partial charge in [0.25, 0.3) is 0 Å². The molecule has 0 radical (unpaired) electrons. The van der Waals surface area contributed by atoms with E-state index < -0.39 is 0 Å². The maximum Gasteiger partial charge on any atom is 0.306 e. The minimum atomic E-state index is -0.207. The Labute approximate surface area is 96.6 Å². The van der Waals surface area contributed by atoms with Gasteiger partial charge in [0.05, 0.1) is 13.5 Å². The molecule has 0 saturated carbocycles. The lowest BCUT2D eigenvalue weighted by molar-refractivity contribution is -0.141. The van der Waals surface area contributed by atoms with E-state index in [9.17, 15) is 4.79 Å². The second-order valence-corrected chi connectivity index (χ2v) is 3.77. The van der Waals surface area contributed by atoms with E-state index in [2.05, 4.69) is 17.7 Å². The standard InChI is InChI=1S/C13H19NO2/c1-3-10-6-4-5-7-12(10)11(9-14)8-13(15)16-2/h4-7,11H,3,8-9,14H2,1-2H3. The van der Waals surface area contributed by atoms with Crippen LogP contribution in [0.1, 0.15) is 30.4 Å². The van der Waals surface area contributed by atoms with E-state index in [1.54, 1.807) is 0 Å². The van der Waals surface area contributed by atoms with Gasteiger partial charge in [0.15, 0.2) is 0 Å². The van der Waals surface area contributed by atoms with Crippen molar-refractivity contribution >= 4 is 5.97 Å². The Balaban J connectivity index is 2.89. The predicted octanol–water partition coefficient (Wildman–Crippen LogP) is 1.85. The Morgan fingerprint density at radius 3 is 2.69 bits per heavy atom. The van der Waals surface area contributed by atoms with Crippen LogP contribution in [0.25, 0.3) is 0 Å². The lowest BCUT2D eigenvalue weighted by Crippen LogP contribution is -2.18. The molecule has 1 atom stereocenters. The van der Waals surface area contributed by atoms with Gasteiger partial charge in [0, 0.05) is 5.92 Å². The number of carbonyl (C=O) groups is 1. The van der Waals surface area contributed by atoms with Gasteiger partial charge in [-0.05, 0) is 24.1 Å². The SMILES string of the molecule is CCc1ccccc1C(CN)CC(=O)OC. The number of benzene rings is 1. The molecule has 2 N–H and O–H groups in total. The number of hydrogen-bond donors (Lipinski definition) is 1. The van der Waals surface area contributed by atoms with E-state index in [-0.39, 0.29) is 11.9 Å². The van der Waals surface area contributed by atoms with Crippen LogP contribution in [0.5, 0.6) is 0 Å². The highest BCUT2D eigenvalue weighted by Crippen LogP contribution is 2.23. The number of ether oxygens (including phenoxy) is 1. The van der Waals surface area contributed by atoms with Crippen LogP contribution in [0.2, 0.25) is 0 Å². The number of esters is 1. The first-order chi connectivity index (χ1) is 7.72. The Bertz CT molecular complexity index is 350. The summed E-state index contributed by atoms with van der Waals surface area (Å²) in [4.78, 5) is 11.3. The van der Waals surface area contributed by atoms with Crippen LogP contribution in [0.3, 0.4) is 0 Å². The van der Waals surface area contributed by atoms with Gasteiger partial charge in [-0.3, -0.25) is 4.79 Å². The molecule has 0 aliphatic carbocycles. The van der Waals surface area contributed by atoms with Crippen LogP contribution < -0.4 is 5.73 Å². The Morgan fingerprint density at radius 1 is 1.44 bits per heavy atom. The molecule has 0 aliphatic heterocycles. The van der Waals surface area contributed by atoms with E-state index in [0.29, 0.717) is 13.0 Å². The van der Waals surface area contributed by atoms with Crippen LogP contribution in [0.4, 0.5) is 0 Å². The minimum Gasteiger partial charge on any atom is -0.469 e. The summed E-state index contributed by atoms with van der Waals surface area (Å²) in [6.45, 7) is 2.57. The summed E-state index contributed by atoms with van der Waals surface area (Å²) >= 11 is 0. The van der Waals surface area contributed by atoms with Gasteiger partial charge < -0.3 is 10.5 Å². The number of methoxy groups -OCH3 is 1. The average molecular weight is 221 g/mol. The molecule has 0 bridgehead atoms. The summed E-state index contributed by atoms with van der Waals surface area (Å²) < 4.78 is 4.68. The Morgan fingerprint density at radius 2 is 2.12 bits per heavy atom. The first-order valence-corrected chi connectivity index (χ1v) is 5.57. The second kappa shape index (κ2) is 6.28. The van der Waals surface area contributed by atoms with Crippen molar-refractivity contribution in [2.75, 3.05) is 13.7 Å². The second-order valence-electron chi connectivity index (χ2n) is 3.77. The van der Waals surface area contributed by atoms with Crippen molar-refractivity contribution in [1.82, 2.24) is 0 Å². The summed E-state index contributed by atoms with van der Waals surface area (Å²) in [5.41, 5.74) is 8.14. The summed E-state index contributed by atoms with van der Waals surface area (Å²) in [5.74, 6) is -0.148. The van der Waals surface area contributed by atoms with Crippen molar-refractivity contribution in [1.29, 1.82) is 0 Å². The summed E-state index contributed by atoms with van der Waals surface area (Å²) in [5, 5.41) is 0. The summed E-state index contributed by atoms with van der Waals surface area (Å²) in [6.07, 6.45) is 1.30. The Hall–Kier alpha value is -1.35. The number of rotatable bonds is 5. The van der Waals surface area contributed by atoms with Crippen LogP contribution in [0.15, 0.2) is 24.3 Å². The molecule has 0 spiro atoms. The highest BCUT2D eigenvalue weighted by atomic mass is 16.5. The van der Waals surface area contributed by atoms with Gasteiger partial charge in [-0.25, -0.2) is 0 Å². The smallest absolute Gasteiger partial charge is 0.306 e. The number of nitrogens with two attached hydrogens (primary N) is 1. The number of aryl methyl sites for hydroxylation is 1. The van der Waals surface area contributed by atoms with Gasteiger partial charge in [-0.15, -0.1) is 0 Å². The zero-order valence-corrected chi connectivity index (χ0v) is 9.90. The summed E-state index contributed by atoms with van der Waals surface area (Å²) in [6, 6.07) is 8.11. The minimum absolute atomic E-state index is 0.0589. The van der Waals surface area contributed by atoms with Crippen LogP contribution in [-0.2, 0) is 16.0 Å². The summed E-state index contributed by atoms with van der Waals surface area (Å²) in [7, 11) is 1.40. The molecule has 3 heteroatoms. The van der Waals surface area contributed by atoms with Crippen molar-refractivity contribution in [3.05, 3.63) is 35.4 Å². The van der Waals surface area contributed by atoms with Gasteiger partial charge in [0.2, 0.25) is 0 Å². The van der Waals surface area contributed by atoms with E-state index in [1.165, 1.54) is 12.7 Å². The number of carbonyl (C=O) groups excluding carboxylic acids is 1. The largest absolute Gasteiger partial charge is 0.469 e. The van der Waals surface area contributed by atoms with E-state index in [0.717, 1.165) is 12.0 Å². The van der Waals surface area contributed by atoms with Crippen LogP contribution in [0, 0.1) is 0 Å². The van der Waals surface area contributed by atoms with Gasteiger partial charge in [-0.2, -0.15) is 0 Å². The molecule has 0 fully saturated rings. The van der Waals surface area contributed by atoms with Gasteiger partial charge in [-0.1, -0.05) is 31.2 Å². The monoisotopic (exact) mass is 221 g/mol. The third-order valence-electron chi connectivity index (χ3n) is 2.80. The topological polar surface area (TPSA) is 52.3 Å². The molecular formula is C13H19NO2. The highest BCUT2D eigenvalue weighted by molar-refractivity contribution is 5.70. The predicted molar refractivity (Wildman–Crippen MR) is 64.2 cm³/mol. The molecule has 0 saturated heterocycles. The molecule has 1 rings (SSSR count). The molecule has 0 aromatic heterocycles. The van der Waals surface area contributed by atoms with Crippen molar-refractivity contribution < 1.29 is 9.53 Å². The van der Waals surface area contributed by atoms with Crippen LogP contribution >= 0.6 is 0 Å². The molecule has 1 aromatic carbocycles. The maximum atomic E-state index is 11.3. The van der Waals surface area contributed by atoms with Crippen molar-refractivity contribution in [2.45, 2.75) is 25.7 Å². The quantitative estimate of drug-likeness (QED) is 0.772. The molecule has 0 aliphatic rings. The molecule has 1 unspecified atom stereocenters. The lowest BCUT2D eigenvalue weighted by Gasteiger charge is -2.17. The molecule has 3 nitrogen and oxygen atoms in total. The van der Waals surface area contributed by atoms with Crippen molar-refractivity contribution in [2.24, 2.45) is 5.73 Å². The van der Waals surface area contributed by atoms with Gasteiger partial charge in [0.1, 0.15) is 0 Å². The normalized spacial score (nSPS) is 12.2. The average Bonchev–Trinajstić information content (AvgIpc) is 2.35.